The van der Waals surface area contributed by atoms with Gasteiger partial charge in [-0.05, 0) is 75.9 Å². The van der Waals surface area contributed by atoms with Crippen LogP contribution in [0.3, 0.4) is 0 Å². The minimum atomic E-state index is -0.104. The molecule has 47 heavy (non-hydrogen) atoms. The van der Waals surface area contributed by atoms with Crippen molar-refractivity contribution in [3.05, 3.63) is 149 Å². The number of para-hydroxylation sites is 1. The summed E-state index contributed by atoms with van der Waals surface area (Å²) in [6.07, 6.45) is 8.72. The molecule has 0 radical (unpaired) electrons. The minimum absolute atomic E-state index is 0.104. The van der Waals surface area contributed by atoms with E-state index in [2.05, 4.69) is 162 Å². The Morgan fingerprint density at radius 2 is 1.34 bits per heavy atom. The topological polar surface area (TPSA) is 36.0 Å². The van der Waals surface area contributed by atoms with Crippen molar-refractivity contribution in [2.75, 3.05) is 18.4 Å². The van der Waals surface area contributed by atoms with Crippen LogP contribution in [0.1, 0.15) is 36.4 Å². The maximum atomic E-state index is 4.82. The molecule has 1 N–H and O–H groups in total. The van der Waals surface area contributed by atoms with Crippen LogP contribution in [0.5, 0.6) is 0 Å². The molecule has 226 valence electrons. The highest BCUT2D eigenvalue weighted by Gasteiger charge is 2.38. The maximum absolute atomic E-state index is 4.82. The fraction of sp³-hybridized carbons (Fsp3) is 0.116. The lowest BCUT2D eigenvalue weighted by atomic mass is 9.81. The van der Waals surface area contributed by atoms with Crippen LogP contribution in [0.25, 0.3) is 72.9 Å². The first-order valence-electron chi connectivity index (χ1n) is 16.5. The second-order valence-corrected chi connectivity index (χ2v) is 13.4. The van der Waals surface area contributed by atoms with E-state index < -0.39 is 0 Å². The fourth-order valence-electron chi connectivity index (χ4n) is 8.35. The third-order valence-corrected chi connectivity index (χ3v) is 10.5. The van der Waals surface area contributed by atoms with Crippen molar-refractivity contribution >= 4 is 45.3 Å². The van der Waals surface area contributed by atoms with Crippen LogP contribution in [0, 0.1) is 0 Å². The zero-order valence-electron chi connectivity index (χ0n) is 26.5. The van der Waals surface area contributed by atoms with Crippen molar-refractivity contribution in [1.82, 2.24) is 9.13 Å². The van der Waals surface area contributed by atoms with Crippen LogP contribution in [-0.2, 0) is 5.41 Å². The second-order valence-electron chi connectivity index (χ2n) is 13.4. The summed E-state index contributed by atoms with van der Waals surface area (Å²) >= 11 is 0. The first kappa shape index (κ1) is 26.5. The molecule has 10 rings (SSSR count). The van der Waals surface area contributed by atoms with E-state index in [9.17, 15) is 0 Å². The van der Waals surface area contributed by atoms with Gasteiger partial charge in [0.15, 0.2) is 0 Å². The number of hydrogen-bond acceptors (Lipinski definition) is 1. The van der Waals surface area contributed by atoms with Crippen molar-refractivity contribution in [2.45, 2.75) is 19.3 Å². The lowest BCUT2D eigenvalue weighted by Crippen LogP contribution is -2.16. The average Bonchev–Trinajstić information content (AvgIpc) is 3.72. The third-order valence-electron chi connectivity index (χ3n) is 10.5. The van der Waals surface area contributed by atoms with Gasteiger partial charge in [0.1, 0.15) is 0 Å². The summed E-state index contributed by atoms with van der Waals surface area (Å²) in [7, 11) is 0. The van der Waals surface area contributed by atoms with Crippen LogP contribution in [0.4, 0.5) is 11.4 Å². The Morgan fingerprint density at radius 1 is 0.638 bits per heavy atom. The first-order chi connectivity index (χ1) is 23.1. The molecule has 4 heteroatoms. The van der Waals surface area contributed by atoms with Gasteiger partial charge in [0.25, 0.3) is 0 Å². The van der Waals surface area contributed by atoms with Crippen molar-refractivity contribution in [2.24, 2.45) is 0 Å². The van der Waals surface area contributed by atoms with Gasteiger partial charge in [-0.25, -0.2) is 0 Å². The van der Waals surface area contributed by atoms with E-state index in [0.717, 1.165) is 41.5 Å². The van der Waals surface area contributed by atoms with E-state index >= 15 is 0 Å². The van der Waals surface area contributed by atoms with Gasteiger partial charge < -0.3 is 19.8 Å². The van der Waals surface area contributed by atoms with Crippen LogP contribution in [-0.4, -0.2) is 22.2 Å². The van der Waals surface area contributed by atoms with E-state index in [0.29, 0.717) is 0 Å². The van der Waals surface area contributed by atoms with E-state index in [1.165, 1.54) is 60.9 Å². The fourth-order valence-corrected chi connectivity index (χ4v) is 8.35. The Labute approximate surface area is 274 Å². The molecule has 0 saturated heterocycles. The van der Waals surface area contributed by atoms with Crippen LogP contribution >= 0.6 is 0 Å². The first-order valence-corrected chi connectivity index (χ1v) is 16.5. The molecular formula is C43H33N4-. The minimum Gasteiger partial charge on any atom is -0.678 e. The predicted octanol–water partition coefficient (Wildman–Crippen LogP) is 11.0. The predicted molar refractivity (Wildman–Crippen MR) is 198 cm³/mol. The number of rotatable bonds is 3. The highest BCUT2D eigenvalue weighted by molar-refractivity contribution is 6.13. The Kier molecular flexibility index (Phi) is 5.43. The highest BCUT2D eigenvalue weighted by atomic mass is 15.1. The Hall–Kier alpha value is -5.74. The van der Waals surface area contributed by atoms with E-state index in [1.54, 1.807) is 0 Å². The summed E-state index contributed by atoms with van der Waals surface area (Å²) < 4.78 is 4.81. The van der Waals surface area contributed by atoms with Gasteiger partial charge in [-0.2, -0.15) is 0 Å². The molecule has 7 aromatic rings. The zero-order chi connectivity index (χ0) is 31.3. The van der Waals surface area contributed by atoms with Gasteiger partial charge in [0.2, 0.25) is 0 Å². The third kappa shape index (κ3) is 3.64. The van der Waals surface area contributed by atoms with E-state index in [1.807, 2.05) is 0 Å². The summed E-state index contributed by atoms with van der Waals surface area (Å²) in [4.78, 5) is 0. The van der Waals surface area contributed by atoms with Crippen molar-refractivity contribution in [3.63, 3.8) is 0 Å². The molecule has 2 aliphatic heterocycles. The zero-order valence-corrected chi connectivity index (χ0v) is 26.5. The second kappa shape index (κ2) is 9.63. The van der Waals surface area contributed by atoms with Gasteiger partial charge in [-0.3, -0.25) is 0 Å². The molecule has 4 heterocycles. The molecular weight excluding hydrogens is 573 g/mol. The summed E-state index contributed by atoms with van der Waals surface area (Å²) in [5.41, 5.74) is 17.2. The number of nitrogens with one attached hydrogen (secondary N) is 1. The molecule has 4 nitrogen and oxygen atoms in total. The van der Waals surface area contributed by atoms with Crippen molar-refractivity contribution in [1.29, 1.82) is 0 Å². The van der Waals surface area contributed by atoms with E-state index in [4.69, 9.17) is 5.32 Å². The molecule has 0 fully saturated rings. The molecule has 2 aromatic heterocycles. The monoisotopic (exact) mass is 605 g/mol. The molecule has 5 aromatic carbocycles. The molecule has 0 unspecified atom stereocenters. The molecule has 0 amide bonds. The smallest absolute Gasteiger partial charge is 0.0678 e. The molecule has 1 aliphatic carbocycles. The van der Waals surface area contributed by atoms with E-state index in [-0.39, 0.29) is 5.41 Å². The largest absolute Gasteiger partial charge is 0.678 e. The lowest BCUT2D eigenvalue weighted by molar-refractivity contribution is 0.664. The van der Waals surface area contributed by atoms with Crippen molar-refractivity contribution in [3.8, 4) is 33.6 Å². The van der Waals surface area contributed by atoms with Gasteiger partial charge in [-0.15, -0.1) is 12.6 Å². The van der Waals surface area contributed by atoms with Gasteiger partial charge in [-0.1, -0.05) is 104 Å². The molecule has 0 bridgehead atoms. The van der Waals surface area contributed by atoms with Crippen LogP contribution in [0.15, 0.2) is 121 Å². The number of aromatic nitrogens is 2. The maximum Gasteiger partial charge on any atom is 0.0678 e. The van der Waals surface area contributed by atoms with Gasteiger partial charge in [0.05, 0.1) is 16.7 Å². The summed E-state index contributed by atoms with van der Waals surface area (Å²) in [5, 5.41) is 11.0. The molecule has 0 atom stereocenters. The highest BCUT2D eigenvalue weighted by Crippen LogP contribution is 2.53. The number of benzene rings is 5. The number of nitrogens with zero attached hydrogens (tertiary/aromatic N) is 3. The molecule has 0 saturated carbocycles. The Morgan fingerprint density at radius 3 is 2.15 bits per heavy atom. The Balaban J connectivity index is 1.08. The number of fused-ring (bicyclic) bond motifs is 10. The average molecular weight is 606 g/mol. The summed E-state index contributed by atoms with van der Waals surface area (Å²) in [5.74, 6) is 0. The molecule has 0 spiro atoms. The van der Waals surface area contributed by atoms with Crippen molar-refractivity contribution < 1.29 is 0 Å². The SMILES string of the molecule is CC1(C)c2ccccc2-c2ccc3c4ccccc4n(-c4ccc(-c5ccc(-n6c7c(c8c6C=CCN8)[N-]CC=C7)cc5)cc4)c3c21. The Bertz CT molecular complexity index is 2430. The summed E-state index contributed by atoms with van der Waals surface area (Å²) in [6, 6.07) is 40.4. The number of anilines is 1. The standard InChI is InChI=1S/C43H33N4/c1-43(2)35-11-5-3-9-31(35)33-23-24-34-32-10-4-6-12-36(32)47(42(34)39(33)43)30-21-17-28(18-22-30)27-15-19-29(20-16-27)46-37-13-7-25-44-40(37)41-38(46)14-8-26-45-41/h3-24,44H,25-26H2,1-2H3/q-1. The number of hydrogen-bond donors (Lipinski definition) is 1. The lowest BCUT2D eigenvalue weighted by Gasteiger charge is -2.26. The van der Waals surface area contributed by atoms with Crippen LogP contribution in [0.2, 0.25) is 0 Å². The van der Waals surface area contributed by atoms with Crippen LogP contribution < -0.4 is 5.32 Å². The summed E-state index contributed by atoms with van der Waals surface area (Å²) in [6.45, 7) is 6.32. The quantitative estimate of drug-likeness (QED) is 0.214. The van der Waals surface area contributed by atoms with Gasteiger partial charge in [0, 0.05) is 45.5 Å². The molecule has 3 aliphatic rings. The van der Waals surface area contributed by atoms with Gasteiger partial charge >= 0.3 is 0 Å². The normalized spacial score (nSPS) is 15.2.